The molecule has 1 fully saturated rings. The Morgan fingerprint density at radius 3 is 2.14 bits per heavy atom. The number of carbonyl (C=O) groups is 2. The highest BCUT2D eigenvalue weighted by atomic mass is 79.9. The van der Waals surface area contributed by atoms with E-state index >= 15 is 0 Å². The van der Waals surface area contributed by atoms with Gasteiger partial charge >= 0.3 is 5.97 Å². The first-order valence-electron chi connectivity index (χ1n) is 21.1. The molecule has 12 rings (SSSR count). The van der Waals surface area contributed by atoms with Crippen molar-refractivity contribution in [2.75, 3.05) is 23.8 Å². The van der Waals surface area contributed by atoms with Gasteiger partial charge in [0.05, 0.1) is 35.6 Å². The van der Waals surface area contributed by atoms with Crippen molar-refractivity contribution in [3.8, 4) is 0 Å². The van der Waals surface area contributed by atoms with Crippen LogP contribution in [0.15, 0.2) is 128 Å². The molecule has 3 aliphatic heterocycles. The Bertz CT molecular complexity index is 3280. The Hall–Kier alpha value is -5.96. The molecule has 20 heteroatoms. The number of halogens is 4. The number of carbonyl (C=O) groups excluding carboxylic acids is 1. The number of hydrogen-bond acceptors (Lipinski definition) is 14. The Balaban J connectivity index is 0.000000121. The quantitative estimate of drug-likeness (QED) is 0.0782. The second kappa shape index (κ2) is 23.1. The van der Waals surface area contributed by atoms with Crippen molar-refractivity contribution in [3.63, 3.8) is 0 Å². The smallest absolute Gasteiger partial charge is 0.345 e. The maximum absolute atomic E-state index is 11.1. The van der Waals surface area contributed by atoms with Crippen LogP contribution in [0.2, 0.25) is 10.6 Å². The number of aromatic nitrogens is 5. The molecule has 6 N–H and O–H groups in total. The van der Waals surface area contributed by atoms with Crippen molar-refractivity contribution in [2.24, 2.45) is 15.7 Å². The molecule has 8 heterocycles. The third kappa shape index (κ3) is 13.4. The first-order chi connectivity index (χ1) is 33.3. The minimum atomic E-state index is -0.864. The number of hydrogen-bond donors (Lipinski definition) is 5. The number of nitrogens with zero attached hydrogens (tertiary/aromatic N) is 6. The topological polar surface area (TPSA) is 206 Å². The number of carboxylic acids is 1. The van der Waals surface area contributed by atoms with E-state index in [-0.39, 0.29) is 16.4 Å². The summed E-state index contributed by atoms with van der Waals surface area (Å²) in [4.78, 5) is 50.0. The van der Waals surface area contributed by atoms with Gasteiger partial charge in [0.1, 0.15) is 10.7 Å². The number of rotatable bonds is 6. The van der Waals surface area contributed by atoms with E-state index < -0.39 is 5.97 Å². The van der Waals surface area contributed by atoms with Crippen LogP contribution in [0.25, 0.3) is 31.2 Å². The van der Waals surface area contributed by atoms with E-state index in [9.17, 15) is 9.59 Å². The molecule has 0 spiro atoms. The van der Waals surface area contributed by atoms with Gasteiger partial charge in [-0.2, -0.15) is 4.98 Å². The number of nitrogens with one attached hydrogen (secondary N) is 3. The van der Waals surface area contributed by atoms with Gasteiger partial charge < -0.3 is 31.2 Å². The van der Waals surface area contributed by atoms with Crippen LogP contribution >= 0.6 is 77.7 Å². The number of nitrogens with two attached hydrogens (primary N) is 1. The highest BCUT2D eigenvalue weighted by molar-refractivity contribution is 9.10. The van der Waals surface area contributed by atoms with E-state index in [1.165, 1.54) is 22.5 Å². The molecule has 5 aromatic heterocycles. The van der Waals surface area contributed by atoms with Crippen molar-refractivity contribution in [3.05, 3.63) is 161 Å². The molecule has 4 aromatic carbocycles. The van der Waals surface area contributed by atoms with Crippen LogP contribution < -0.4 is 16.4 Å². The number of aromatic carboxylic acids is 1. The summed E-state index contributed by atoms with van der Waals surface area (Å²) in [6, 6.07) is 31.5. The largest absolute Gasteiger partial charge is 0.477 e. The average molecular weight is 1130 g/mol. The fourth-order valence-electron chi connectivity index (χ4n) is 6.92. The third-order valence-corrected chi connectivity index (χ3v) is 13.7. The molecule has 0 amide bonds. The van der Waals surface area contributed by atoms with Gasteiger partial charge in [-0.3, -0.25) is 14.8 Å². The summed E-state index contributed by atoms with van der Waals surface area (Å²) in [7, 11) is 0. The molecular formula is C49H40Br2Cl2N10O4S2. The minimum absolute atomic E-state index is 0.0623. The highest BCUT2D eigenvalue weighted by Crippen LogP contribution is 2.31. The molecule has 1 saturated heterocycles. The monoisotopic (exact) mass is 1120 g/mol. The Morgan fingerprint density at radius 2 is 1.51 bits per heavy atom. The predicted molar refractivity (Wildman–Crippen MR) is 287 cm³/mol. The number of H-pyrrole nitrogens is 1. The molecule has 0 bridgehead atoms. The lowest BCUT2D eigenvalue weighted by molar-refractivity contribution is 0.0702. The molecule has 0 aliphatic carbocycles. The zero-order valence-corrected chi connectivity index (χ0v) is 42.7. The zero-order valence-electron chi connectivity index (χ0n) is 36.4. The standard InChI is InChI=1S/C14H9ClN4S.C12H9ClN4.C10H8BrNO.C9H5BrO2S.C4H9NO/c15-14-18-11-3-4-20-12(11)13(19-14)17-10-2-1-8-6-16-7-9(8)5-10;13-12-15-4-3-11(17-12)16-10-2-1-8-6-14-7-9(8)5-10;1-6(13)9-4-7-2-3-8(11)5-10(7)12-9;10-6-2-1-5-3-8(9(11)12)13-7(5)4-6;5-4-1-2-6-3-4/h1-5,7H,6H2,(H,17,18,19);1-5,7H,6H2,(H,15,16,17);2-5,12H,1H3;1-4H,(H,11,12);4H,1-3,5H2. The van der Waals surface area contributed by atoms with Gasteiger partial charge in [0.2, 0.25) is 10.6 Å². The summed E-state index contributed by atoms with van der Waals surface area (Å²) in [6.45, 7) is 4.72. The molecule has 14 nitrogen and oxygen atoms in total. The second-order valence-electron chi connectivity index (χ2n) is 15.4. The molecule has 1 atom stereocenters. The molecule has 1 unspecified atom stereocenters. The SMILES string of the molecule is CC(=O)c1cc2ccc(Br)cc2[nH]1.Clc1nc(Nc2ccc3c(c2)C=NC3)c2sccc2n1.Clc1nccc(Nc2ccc3c(c2)C=NC3)n1.NC1CCOC1.O=C(O)c1cc2ccc(Br)cc2s1. The number of carboxylic acid groups (broad SMARTS) is 1. The van der Waals surface area contributed by atoms with Gasteiger partial charge in [0.15, 0.2) is 11.6 Å². The van der Waals surface area contributed by atoms with E-state index in [2.05, 4.69) is 95.6 Å². The van der Waals surface area contributed by atoms with Crippen molar-refractivity contribution in [1.29, 1.82) is 0 Å². The van der Waals surface area contributed by atoms with Crippen molar-refractivity contribution < 1.29 is 19.4 Å². The van der Waals surface area contributed by atoms with Crippen LogP contribution in [0.5, 0.6) is 0 Å². The summed E-state index contributed by atoms with van der Waals surface area (Å²) < 4.78 is 8.91. The molecule has 350 valence electrons. The molecule has 0 radical (unpaired) electrons. The lowest BCUT2D eigenvalue weighted by atomic mass is 10.1. The second-order valence-corrected chi connectivity index (χ2v) is 19.9. The summed E-state index contributed by atoms with van der Waals surface area (Å²) in [6.07, 6.45) is 6.44. The van der Waals surface area contributed by atoms with Gasteiger partial charge in [0.25, 0.3) is 0 Å². The number of fused-ring (bicyclic) bond motifs is 5. The van der Waals surface area contributed by atoms with Crippen LogP contribution in [-0.2, 0) is 17.8 Å². The average Bonchev–Trinajstić information content (AvgIpc) is 4.19. The number of anilines is 4. The van der Waals surface area contributed by atoms with Crippen LogP contribution in [0.1, 0.15) is 55.8 Å². The summed E-state index contributed by atoms with van der Waals surface area (Å²) >= 11 is 21.3. The Labute approximate surface area is 430 Å². The van der Waals surface area contributed by atoms with Gasteiger partial charge in [0, 0.05) is 74.1 Å². The van der Waals surface area contributed by atoms with E-state index in [1.807, 2.05) is 84.5 Å². The zero-order chi connectivity index (χ0) is 48.4. The van der Waals surface area contributed by atoms with Gasteiger partial charge in [-0.25, -0.2) is 19.7 Å². The van der Waals surface area contributed by atoms with E-state index in [0.29, 0.717) is 22.4 Å². The fraction of sp³-hybridized carbons (Fsp3) is 0.143. The van der Waals surface area contributed by atoms with Gasteiger partial charge in [-0.15, -0.1) is 22.7 Å². The number of aliphatic imine (C=N–C) groups is 2. The highest BCUT2D eigenvalue weighted by Gasteiger charge is 2.13. The number of ether oxygens (including phenoxy) is 1. The molecular weight excluding hydrogens is 1090 g/mol. The van der Waals surface area contributed by atoms with Crippen LogP contribution in [0, 0.1) is 0 Å². The summed E-state index contributed by atoms with van der Waals surface area (Å²) in [5.41, 5.74) is 14.6. The van der Waals surface area contributed by atoms with Crippen LogP contribution in [-0.4, -0.2) is 73.5 Å². The number of ketones is 1. The number of aromatic amines is 1. The molecule has 69 heavy (non-hydrogen) atoms. The van der Waals surface area contributed by atoms with Crippen molar-refractivity contribution in [2.45, 2.75) is 32.5 Å². The molecule has 3 aliphatic rings. The predicted octanol–water partition coefficient (Wildman–Crippen LogP) is 13.1. The fourth-order valence-corrected chi connectivity index (χ4v) is 9.83. The first kappa shape index (κ1) is 49.5. The number of thiophene rings is 2. The Kier molecular flexibility index (Phi) is 16.6. The summed E-state index contributed by atoms with van der Waals surface area (Å²) in [5.74, 6) is 0.620. The minimum Gasteiger partial charge on any atom is -0.477 e. The maximum Gasteiger partial charge on any atom is 0.345 e. The molecule has 9 aromatic rings. The van der Waals surface area contributed by atoms with Crippen LogP contribution in [0.4, 0.5) is 23.0 Å². The number of benzene rings is 4. The third-order valence-electron chi connectivity index (χ3n) is 10.3. The first-order valence-corrected chi connectivity index (χ1v) is 25.1. The van der Waals surface area contributed by atoms with Crippen molar-refractivity contribution in [1.82, 2.24) is 24.9 Å². The van der Waals surface area contributed by atoms with E-state index in [1.54, 1.807) is 36.6 Å². The normalized spacial score (nSPS) is 13.8. The lowest BCUT2D eigenvalue weighted by Gasteiger charge is -2.08. The summed E-state index contributed by atoms with van der Waals surface area (Å²) in [5, 5.41) is 19.8. The van der Waals surface area contributed by atoms with E-state index in [4.69, 9.17) is 38.8 Å². The van der Waals surface area contributed by atoms with Crippen molar-refractivity contribution >= 4 is 156 Å². The van der Waals surface area contributed by atoms with Gasteiger partial charge in [-0.1, -0.05) is 56.1 Å². The maximum atomic E-state index is 11.1. The Morgan fingerprint density at radius 1 is 0.812 bits per heavy atom. The van der Waals surface area contributed by atoms with E-state index in [0.717, 1.165) is 101 Å². The van der Waals surface area contributed by atoms with Gasteiger partial charge in [-0.05, 0) is 135 Å². The number of Topliss-reactive ketones (excluding diaryl/α,β-unsaturated/α-hetero) is 1. The van der Waals surface area contributed by atoms with Crippen LogP contribution in [0.3, 0.4) is 0 Å². The lowest BCUT2D eigenvalue weighted by Crippen LogP contribution is -2.18. The molecule has 0 saturated carbocycles.